The van der Waals surface area contributed by atoms with E-state index in [1.807, 2.05) is 0 Å². The van der Waals surface area contributed by atoms with E-state index < -0.39 is 9.84 Å². The molecule has 0 aliphatic heterocycles. The van der Waals surface area contributed by atoms with Crippen molar-refractivity contribution >= 4 is 9.84 Å². The summed E-state index contributed by atoms with van der Waals surface area (Å²) in [5, 5.41) is 0. The van der Waals surface area contributed by atoms with Crippen molar-refractivity contribution in [1.29, 1.82) is 0 Å². The van der Waals surface area contributed by atoms with Gasteiger partial charge >= 0.3 is 0 Å². The molecule has 0 bridgehead atoms. The van der Waals surface area contributed by atoms with Crippen LogP contribution >= 0.6 is 0 Å². The molecule has 0 atom stereocenters. The van der Waals surface area contributed by atoms with Crippen molar-refractivity contribution < 1.29 is 8.42 Å². The molecule has 46 valence electrons. The van der Waals surface area contributed by atoms with E-state index >= 15 is 0 Å². The SMILES string of the molecule is C.CCS(C)(=O)=O. The summed E-state index contributed by atoms with van der Waals surface area (Å²) in [5.74, 6) is 0.243. The second-order valence-electron chi connectivity index (χ2n) is 1.21. The summed E-state index contributed by atoms with van der Waals surface area (Å²) in [6, 6.07) is 0. The van der Waals surface area contributed by atoms with E-state index in [0.29, 0.717) is 0 Å². The molecule has 0 aromatic rings. The quantitative estimate of drug-likeness (QED) is 0.515. The van der Waals surface area contributed by atoms with Gasteiger partial charge in [0.25, 0.3) is 0 Å². The molecular weight excluding hydrogens is 112 g/mol. The summed E-state index contributed by atoms with van der Waals surface area (Å²) in [7, 11) is -2.66. The van der Waals surface area contributed by atoms with Crippen LogP contribution in [0.4, 0.5) is 0 Å². The first kappa shape index (κ1) is 10.0. The lowest BCUT2D eigenvalue weighted by atomic mass is 11.0. The van der Waals surface area contributed by atoms with E-state index in [1.165, 1.54) is 6.26 Å². The maximum Gasteiger partial charge on any atom is 0.147 e. The van der Waals surface area contributed by atoms with Crippen LogP contribution in [0.1, 0.15) is 14.4 Å². The summed E-state index contributed by atoms with van der Waals surface area (Å²) in [6.45, 7) is 1.62. The smallest absolute Gasteiger partial charge is 0.147 e. The molecule has 0 saturated carbocycles. The van der Waals surface area contributed by atoms with Crippen LogP contribution in [0.3, 0.4) is 0 Å². The summed E-state index contributed by atoms with van der Waals surface area (Å²) < 4.78 is 20.0. The number of hydrogen-bond donors (Lipinski definition) is 0. The molecule has 3 heteroatoms. The van der Waals surface area contributed by atoms with Gasteiger partial charge in [-0.25, -0.2) is 8.42 Å². The lowest BCUT2D eigenvalue weighted by Crippen LogP contribution is -1.96. The van der Waals surface area contributed by atoms with Crippen molar-refractivity contribution in [1.82, 2.24) is 0 Å². The Hall–Kier alpha value is -0.0500. The van der Waals surface area contributed by atoms with Gasteiger partial charge in [-0.05, 0) is 0 Å². The molecule has 0 aliphatic carbocycles. The Bertz CT molecular complexity index is 112. The third-order valence-corrected chi connectivity index (χ3v) is 1.57. The summed E-state index contributed by atoms with van der Waals surface area (Å²) >= 11 is 0. The largest absolute Gasteiger partial charge is 0.229 e. The highest BCUT2D eigenvalue weighted by Crippen LogP contribution is 1.75. The third kappa shape index (κ3) is 10.7. The second kappa shape index (κ2) is 3.02. The highest BCUT2D eigenvalue weighted by molar-refractivity contribution is 7.90. The maximum absolute atomic E-state index is 10.0. The van der Waals surface area contributed by atoms with Crippen LogP contribution in [-0.4, -0.2) is 20.4 Å². The van der Waals surface area contributed by atoms with Gasteiger partial charge in [0, 0.05) is 12.0 Å². The second-order valence-corrected chi connectivity index (χ2v) is 3.64. The average Bonchev–Trinajstić information content (AvgIpc) is 1.35. The Morgan fingerprint density at radius 2 is 1.57 bits per heavy atom. The summed E-state index contributed by atoms with van der Waals surface area (Å²) in [5.41, 5.74) is 0. The van der Waals surface area contributed by atoms with Crippen molar-refractivity contribution in [3.8, 4) is 0 Å². The highest BCUT2D eigenvalue weighted by atomic mass is 32.2. The lowest BCUT2D eigenvalue weighted by molar-refractivity contribution is 0.603. The monoisotopic (exact) mass is 124 g/mol. The molecule has 0 fully saturated rings. The zero-order valence-corrected chi connectivity index (χ0v) is 4.75. The first-order valence-corrected chi connectivity index (χ1v) is 3.80. The van der Waals surface area contributed by atoms with Gasteiger partial charge in [0.15, 0.2) is 0 Å². The Kier molecular flexibility index (Phi) is 4.33. The van der Waals surface area contributed by atoms with Gasteiger partial charge in [0.1, 0.15) is 9.84 Å². The van der Waals surface area contributed by atoms with E-state index in [0.717, 1.165) is 0 Å². The molecule has 0 amide bonds. The fourth-order valence-corrected chi connectivity index (χ4v) is 0. The van der Waals surface area contributed by atoms with Crippen LogP contribution in [0.5, 0.6) is 0 Å². The summed E-state index contributed by atoms with van der Waals surface area (Å²) in [4.78, 5) is 0. The van der Waals surface area contributed by atoms with E-state index in [1.54, 1.807) is 6.92 Å². The number of hydrogen-bond acceptors (Lipinski definition) is 2. The third-order valence-electron chi connectivity index (χ3n) is 0.524. The van der Waals surface area contributed by atoms with E-state index in [-0.39, 0.29) is 13.2 Å². The van der Waals surface area contributed by atoms with Gasteiger partial charge in [-0.2, -0.15) is 0 Å². The van der Waals surface area contributed by atoms with E-state index in [9.17, 15) is 8.42 Å². The zero-order valence-electron chi connectivity index (χ0n) is 3.93. The van der Waals surface area contributed by atoms with E-state index in [4.69, 9.17) is 0 Å². The maximum atomic E-state index is 10.0. The minimum Gasteiger partial charge on any atom is -0.229 e. The fraction of sp³-hybridized carbons (Fsp3) is 1.00. The molecule has 0 aromatic carbocycles. The van der Waals surface area contributed by atoms with Crippen LogP contribution in [-0.2, 0) is 9.84 Å². The van der Waals surface area contributed by atoms with Crippen molar-refractivity contribution in [3.05, 3.63) is 0 Å². The molecule has 0 radical (unpaired) electrons. The Morgan fingerprint density at radius 3 is 1.57 bits per heavy atom. The molecule has 0 spiro atoms. The van der Waals surface area contributed by atoms with Gasteiger partial charge in [0.2, 0.25) is 0 Å². The Labute approximate surface area is 45.5 Å². The normalized spacial score (nSPS) is 10.0. The topological polar surface area (TPSA) is 34.1 Å². The van der Waals surface area contributed by atoms with Gasteiger partial charge in [-0.3, -0.25) is 0 Å². The van der Waals surface area contributed by atoms with Crippen molar-refractivity contribution in [2.45, 2.75) is 14.4 Å². The minimum atomic E-state index is -2.66. The predicted octanol–water partition coefficient (Wildman–Crippen LogP) is 0.687. The van der Waals surface area contributed by atoms with Crippen LogP contribution < -0.4 is 0 Å². The molecule has 0 saturated heterocycles. The molecule has 0 rings (SSSR count). The van der Waals surface area contributed by atoms with Crippen molar-refractivity contribution in [2.24, 2.45) is 0 Å². The number of rotatable bonds is 1. The molecule has 0 heterocycles. The molecule has 0 N–H and O–H groups in total. The minimum absolute atomic E-state index is 0. The fourth-order valence-electron chi connectivity index (χ4n) is 0. The van der Waals surface area contributed by atoms with Crippen LogP contribution in [0.2, 0.25) is 0 Å². The molecule has 0 unspecified atom stereocenters. The van der Waals surface area contributed by atoms with E-state index in [2.05, 4.69) is 0 Å². The van der Waals surface area contributed by atoms with Gasteiger partial charge in [0.05, 0.1) is 0 Å². The van der Waals surface area contributed by atoms with Crippen LogP contribution in [0, 0.1) is 0 Å². The highest BCUT2D eigenvalue weighted by Gasteiger charge is 1.90. The first-order chi connectivity index (χ1) is 2.56. The molecule has 0 aromatic heterocycles. The van der Waals surface area contributed by atoms with Gasteiger partial charge < -0.3 is 0 Å². The predicted molar refractivity (Wildman–Crippen MR) is 32.1 cm³/mol. The van der Waals surface area contributed by atoms with Crippen molar-refractivity contribution in [2.75, 3.05) is 12.0 Å². The van der Waals surface area contributed by atoms with Crippen LogP contribution in [0.25, 0.3) is 0 Å². The van der Waals surface area contributed by atoms with Gasteiger partial charge in [-0.15, -0.1) is 0 Å². The van der Waals surface area contributed by atoms with Gasteiger partial charge in [-0.1, -0.05) is 14.4 Å². The summed E-state index contributed by atoms with van der Waals surface area (Å²) in [6.07, 6.45) is 1.22. The van der Waals surface area contributed by atoms with Crippen LogP contribution in [0.15, 0.2) is 0 Å². The standard InChI is InChI=1S/C3H8O2S.CH4/c1-3-6(2,4)5;/h3H2,1-2H3;1H4. The molecule has 0 aliphatic rings. The molecule has 7 heavy (non-hydrogen) atoms. The Morgan fingerprint density at radius 1 is 1.43 bits per heavy atom. The number of sulfone groups is 1. The van der Waals surface area contributed by atoms with Crippen molar-refractivity contribution in [3.63, 3.8) is 0 Å². The lowest BCUT2D eigenvalue weighted by Gasteiger charge is -1.81. The molecular formula is C4H12O2S. The Balaban J connectivity index is 0. The average molecular weight is 124 g/mol. The first-order valence-electron chi connectivity index (χ1n) is 1.74. The molecule has 2 nitrogen and oxygen atoms in total. The zero-order chi connectivity index (χ0) is 5.21.